The molecule has 0 aliphatic rings. The zero-order chi connectivity index (χ0) is 29.8. The van der Waals surface area contributed by atoms with Crippen molar-refractivity contribution in [3.63, 3.8) is 0 Å². The SMILES string of the molecule is Cc1ccc2c(c1O)c1c(O)c(O)cc(O)c1n2-c1ccc(Cl)cc1-c1nc(-c2ccccc2)nc(-c2ccccc2)n1. The highest BCUT2D eigenvalue weighted by molar-refractivity contribution is 6.31. The van der Waals surface area contributed by atoms with Gasteiger partial charge in [0.1, 0.15) is 17.0 Å². The number of phenols is 4. The van der Waals surface area contributed by atoms with Crippen molar-refractivity contribution < 1.29 is 20.4 Å². The maximum atomic E-state index is 11.1. The summed E-state index contributed by atoms with van der Waals surface area (Å²) < 4.78 is 1.69. The number of benzene rings is 5. The van der Waals surface area contributed by atoms with Crippen molar-refractivity contribution in [1.29, 1.82) is 0 Å². The molecule has 2 heterocycles. The lowest BCUT2D eigenvalue weighted by molar-refractivity contribution is 0.402. The zero-order valence-corrected chi connectivity index (χ0v) is 23.4. The summed E-state index contributed by atoms with van der Waals surface area (Å²) in [4.78, 5) is 14.5. The number of aromatic nitrogens is 4. The fourth-order valence-corrected chi connectivity index (χ4v) is 5.57. The lowest BCUT2D eigenvalue weighted by atomic mass is 10.1. The van der Waals surface area contributed by atoms with Gasteiger partial charge in [-0.05, 0) is 36.8 Å². The minimum absolute atomic E-state index is 0.0880. The fourth-order valence-electron chi connectivity index (χ4n) is 5.40. The first-order valence-corrected chi connectivity index (χ1v) is 13.8. The van der Waals surface area contributed by atoms with Gasteiger partial charge in [0.15, 0.2) is 29.0 Å². The molecule has 5 aromatic carbocycles. The Morgan fingerprint density at radius 1 is 0.605 bits per heavy atom. The number of nitrogens with zero attached hydrogens (tertiary/aromatic N) is 4. The maximum Gasteiger partial charge on any atom is 0.168 e. The van der Waals surface area contributed by atoms with E-state index in [1.807, 2.05) is 60.7 Å². The lowest BCUT2D eigenvalue weighted by Gasteiger charge is -2.15. The van der Waals surface area contributed by atoms with E-state index in [2.05, 4.69) is 0 Å². The maximum absolute atomic E-state index is 11.1. The van der Waals surface area contributed by atoms with E-state index in [4.69, 9.17) is 26.6 Å². The van der Waals surface area contributed by atoms with Crippen LogP contribution in [0, 0.1) is 6.92 Å². The van der Waals surface area contributed by atoms with E-state index in [9.17, 15) is 20.4 Å². The molecule has 0 aliphatic heterocycles. The molecule has 0 unspecified atom stereocenters. The molecule has 0 spiro atoms. The first-order valence-electron chi connectivity index (χ1n) is 13.4. The van der Waals surface area contributed by atoms with Crippen molar-refractivity contribution in [2.45, 2.75) is 6.92 Å². The number of hydrogen-bond donors (Lipinski definition) is 4. The summed E-state index contributed by atoms with van der Waals surface area (Å²) in [7, 11) is 0. The standard InChI is InChI=1S/C34H23ClN4O4/c1-18-12-14-24-27(30(18)42)28-29(25(40)17-26(41)31(28)43)39(24)23-15-13-21(35)16-22(23)34-37-32(19-8-4-2-5-9-19)36-33(38-34)20-10-6-3-7-11-20/h2-17,40-43H,1H3. The second kappa shape index (κ2) is 10.0. The summed E-state index contributed by atoms with van der Waals surface area (Å²) >= 11 is 6.56. The molecule has 0 saturated heterocycles. The molecule has 0 atom stereocenters. The average Bonchev–Trinajstić information content (AvgIpc) is 3.38. The summed E-state index contributed by atoms with van der Waals surface area (Å²) in [5, 5.41) is 44.4. The van der Waals surface area contributed by atoms with Gasteiger partial charge >= 0.3 is 0 Å². The molecule has 4 N–H and O–H groups in total. The molecule has 9 heteroatoms. The zero-order valence-electron chi connectivity index (χ0n) is 22.7. The summed E-state index contributed by atoms with van der Waals surface area (Å²) in [6, 6.07) is 28.9. The molecular weight excluding hydrogens is 564 g/mol. The second-order valence-corrected chi connectivity index (χ2v) is 10.6. The summed E-state index contributed by atoms with van der Waals surface area (Å²) in [5.74, 6) is -0.142. The van der Waals surface area contributed by atoms with Crippen molar-refractivity contribution in [1.82, 2.24) is 19.5 Å². The molecule has 0 aliphatic carbocycles. The number of halogens is 1. The number of hydrogen-bond acceptors (Lipinski definition) is 7. The topological polar surface area (TPSA) is 125 Å². The second-order valence-electron chi connectivity index (χ2n) is 10.1. The van der Waals surface area contributed by atoms with Crippen LogP contribution in [0.4, 0.5) is 0 Å². The Bertz CT molecular complexity index is 2140. The van der Waals surface area contributed by atoms with E-state index in [1.54, 1.807) is 41.8 Å². The van der Waals surface area contributed by atoms with Crippen LogP contribution < -0.4 is 0 Å². The van der Waals surface area contributed by atoms with Gasteiger partial charge in [-0.1, -0.05) is 78.3 Å². The van der Waals surface area contributed by atoms with Gasteiger partial charge in [-0.15, -0.1) is 0 Å². The minimum atomic E-state index is -0.515. The molecule has 0 saturated carbocycles. The Morgan fingerprint density at radius 2 is 1.21 bits per heavy atom. The number of fused-ring (bicyclic) bond motifs is 3. The highest BCUT2D eigenvalue weighted by Gasteiger charge is 2.26. The van der Waals surface area contributed by atoms with Crippen LogP contribution in [0.2, 0.25) is 5.02 Å². The predicted octanol–water partition coefficient (Wildman–Crippen LogP) is 7.75. The summed E-state index contributed by atoms with van der Waals surface area (Å²) in [6.45, 7) is 1.73. The van der Waals surface area contributed by atoms with Crippen molar-refractivity contribution >= 4 is 33.4 Å². The van der Waals surface area contributed by atoms with Crippen LogP contribution in [0.15, 0.2) is 97.1 Å². The molecule has 0 radical (unpaired) electrons. The first-order chi connectivity index (χ1) is 20.8. The van der Waals surface area contributed by atoms with Crippen LogP contribution >= 0.6 is 11.6 Å². The minimum Gasteiger partial charge on any atom is -0.507 e. The van der Waals surface area contributed by atoms with Crippen LogP contribution in [-0.2, 0) is 0 Å². The largest absolute Gasteiger partial charge is 0.507 e. The monoisotopic (exact) mass is 586 g/mol. The molecule has 0 bridgehead atoms. The van der Waals surface area contributed by atoms with Crippen LogP contribution in [0.5, 0.6) is 23.0 Å². The number of phenolic OH excluding ortho intramolecular Hbond substituents is 4. The van der Waals surface area contributed by atoms with Gasteiger partial charge in [0.2, 0.25) is 0 Å². The summed E-state index contributed by atoms with van der Waals surface area (Å²) in [6.07, 6.45) is 0. The highest BCUT2D eigenvalue weighted by atomic mass is 35.5. The fraction of sp³-hybridized carbons (Fsp3) is 0.0294. The molecule has 7 aromatic rings. The smallest absolute Gasteiger partial charge is 0.168 e. The molecule has 7 rings (SSSR count). The van der Waals surface area contributed by atoms with Crippen molar-refractivity contribution in [3.8, 4) is 62.8 Å². The van der Waals surface area contributed by atoms with Crippen molar-refractivity contribution in [2.24, 2.45) is 0 Å². The van der Waals surface area contributed by atoms with Gasteiger partial charge < -0.3 is 25.0 Å². The molecule has 0 amide bonds. The Balaban J connectivity index is 1.59. The quantitative estimate of drug-likeness (QED) is 0.123. The Morgan fingerprint density at radius 3 is 1.84 bits per heavy atom. The Hall–Kier alpha value is -5.60. The third-order valence-electron chi connectivity index (χ3n) is 7.44. The summed E-state index contributed by atoms with van der Waals surface area (Å²) in [5.41, 5.74) is 3.81. The Labute approximate surface area is 250 Å². The van der Waals surface area contributed by atoms with Gasteiger partial charge in [0, 0.05) is 27.8 Å². The van der Waals surface area contributed by atoms with Crippen LogP contribution in [-0.4, -0.2) is 39.9 Å². The van der Waals surface area contributed by atoms with Crippen LogP contribution in [0.1, 0.15) is 5.56 Å². The molecule has 210 valence electrons. The van der Waals surface area contributed by atoms with Gasteiger partial charge in [-0.2, -0.15) is 0 Å². The highest BCUT2D eigenvalue weighted by Crippen LogP contribution is 2.50. The van der Waals surface area contributed by atoms with E-state index in [1.165, 1.54) is 0 Å². The van der Waals surface area contributed by atoms with E-state index in [0.29, 0.717) is 44.8 Å². The molecule has 8 nitrogen and oxygen atoms in total. The van der Waals surface area contributed by atoms with Crippen LogP contribution in [0.3, 0.4) is 0 Å². The van der Waals surface area contributed by atoms with Crippen molar-refractivity contribution in [2.75, 3.05) is 0 Å². The third kappa shape index (κ3) is 4.27. The van der Waals surface area contributed by atoms with E-state index < -0.39 is 11.5 Å². The molecule has 0 fully saturated rings. The number of rotatable bonds is 4. The van der Waals surface area contributed by atoms with Crippen molar-refractivity contribution in [3.05, 3.63) is 108 Å². The van der Waals surface area contributed by atoms with Gasteiger partial charge in [-0.3, -0.25) is 0 Å². The van der Waals surface area contributed by atoms with Gasteiger partial charge in [-0.25, -0.2) is 15.0 Å². The van der Waals surface area contributed by atoms with E-state index >= 15 is 0 Å². The molecule has 43 heavy (non-hydrogen) atoms. The number of aryl methyl sites for hydroxylation is 1. The predicted molar refractivity (Wildman–Crippen MR) is 167 cm³/mol. The Kier molecular flexibility index (Phi) is 6.14. The van der Waals surface area contributed by atoms with Crippen LogP contribution in [0.25, 0.3) is 61.7 Å². The van der Waals surface area contributed by atoms with Gasteiger partial charge in [0.25, 0.3) is 0 Å². The van der Waals surface area contributed by atoms with E-state index in [0.717, 1.165) is 17.2 Å². The average molecular weight is 587 g/mol. The van der Waals surface area contributed by atoms with Gasteiger partial charge in [0.05, 0.1) is 22.0 Å². The lowest BCUT2D eigenvalue weighted by Crippen LogP contribution is -2.04. The number of aromatic hydroxyl groups is 4. The first kappa shape index (κ1) is 26.3. The van der Waals surface area contributed by atoms with E-state index in [-0.39, 0.29) is 27.8 Å². The molecule has 2 aromatic heterocycles. The third-order valence-corrected chi connectivity index (χ3v) is 7.68. The normalized spacial score (nSPS) is 11.4. The molecular formula is C34H23ClN4O4.